The van der Waals surface area contributed by atoms with E-state index in [9.17, 15) is 17.6 Å². The van der Waals surface area contributed by atoms with Gasteiger partial charge in [0.1, 0.15) is 5.82 Å². The Morgan fingerprint density at radius 3 is 2.13 bits per heavy atom. The van der Waals surface area contributed by atoms with Crippen LogP contribution in [0.3, 0.4) is 0 Å². The van der Waals surface area contributed by atoms with Crippen molar-refractivity contribution >= 4 is 10.8 Å². The molecule has 1 aliphatic carbocycles. The summed E-state index contributed by atoms with van der Waals surface area (Å²) in [6.07, 6.45) is 10.2. The Bertz CT molecular complexity index is 1050. The van der Waals surface area contributed by atoms with Crippen molar-refractivity contribution in [1.82, 2.24) is 0 Å². The lowest BCUT2D eigenvalue weighted by atomic mass is 9.77. The van der Waals surface area contributed by atoms with Crippen molar-refractivity contribution in [1.29, 1.82) is 0 Å². The maximum Gasteiger partial charge on any atom is 0.195 e. The third kappa shape index (κ3) is 4.63. The van der Waals surface area contributed by atoms with Crippen LogP contribution < -0.4 is 0 Å². The van der Waals surface area contributed by atoms with Gasteiger partial charge in [0.05, 0.1) is 5.39 Å². The molecule has 0 bridgehead atoms. The Morgan fingerprint density at radius 1 is 0.742 bits per heavy atom. The predicted octanol–water partition coefficient (Wildman–Crippen LogP) is 8.92. The van der Waals surface area contributed by atoms with Gasteiger partial charge in [-0.25, -0.2) is 17.6 Å². The second kappa shape index (κ2) is 9.42. The van der Waals surface area contributed by atoms with Crippen LogP contribution in [-0.4, -0.2) is 0 Å². The molecule has 0 saturated heterocycles. The van der Waals surface area contributed by atoms with Gasteiger partial charge in [0.25, 0.3) is 0 Å². The quantitative estimate of drug-likeness (QED) is 0.209. The van der Waals surface area contributed by atoms with Crippen molar-refractivity contribution in [2.45, 2.75) is 64.2 Å². The lowest BCUT2D eigenvalue weighted by Crippen LogP contribution is -2.13. The largest absolute Gasteiger partial charge is 0.206 e. The van der Waals surface area contributed by atoms with Crippen LogP contribution in [0.5, 0.6) is 0 Å². The van der Waals surface area contributed by atoms with E-state index in [1.54, 1.807) is 0 Å². The van der Waals surface area contributed by atoms with E-state index in [1.165, 1.54) is 69.1 Å². The number of fused-ring (bicyclic) bond motifs is 1. The van der Waals surface area contributed by atoms with Gasteiger partial charge in [0.15, 0.2) is 17.5 Å². The number of benzene rings is 3. The van der Waals surface area contributed by atoms with Crippen LogP contribution in [0.2, 0.25) is 0 Å². The van der Waals surface area contributed by atoms with Crippen molar-refractivity contribution in [2.24, 2.45) is 5.92 Å². The van der Waals surface area contributed by atoms with Crippen LogP contribution >= 0.6 is 0 Å². The summed E-state index contributed by atoms with van der Waals surface area (Å²) in [5, 5.41) is -0.508. The highest BCUT2D eigenvalue weighted by Gasteiger charge is 2.22. The molecule has 0 aromatic heterocycles. The molecule has 3 aromatic rings. The monoisotopic (exact) mass is 428 g/mol. The van der Waals surface area contributed by atoms with Crippen molar-refractivity contribution < 1.29 is 17.6 Å². The Balaban J connectivity index is 1.50. The summed E-state index contributed by atoms with van der Waals surface area (Å²) in [5.41, 5.74) is 2.57. The standard InChI is InChI=1S/C27H28F4/c1-2-3-4-5-17-6-8-18(9-7-17)19-10-12-20(13-11-19)21-14-22-16-24(29)26(30)27(31)25(22)23(28)15-21/h10-18H,2-9H2,1H3. The van der Waals surface area contributed by atoms with Gasteiger partial charge in [-0.3, -0.25) is 0 Å². The minimum absolute atomic E-state index is 0.0110. The molecule has 31 heavy (non-hydrogen) atoms. The van der Waals surface area contributed by atoms with E-state index < -0.39 is 28.7 Å². The minimum atomic E-state index is -1.65. The summed E-state index contributed by atoms with van der Waals surface area (Å²) in [7, 11) is 0. The zero-order valence-corrected chi connectivity index (χ0v) is 17.9. The fraction of sp³-hybridized carbons (Fsp3) is 0.407. The number of hydrogen-bond donors (Lipinski definition) is 0. The van der Waals surface area contributed by atoms with Crippen LogP contribution in [0.4, 0.5) is 17.6 Å². The van der Waals surface area contributed by atoms with Gasteiger partial charge in [-0.05, 0) is 77.8 Å². The number of hydrogen-bond acceptors (Lipinski definition) is 0. The molecule has 0 unspecified atom stereocenters. The molecule has 0 spiro atoms. The summed E-state index contributed by atoms with van der Waals surface area (Å²) in [6.45, 7) is 2.24. The first kappa shape index (κ1) is 21.9. The van der Waals surface area contributed by atoms with E-state index in [4.69, 9.17) is 0 Å². The highest BCUT2D eigenvalue weighted by molar-refractivity contribution is 5.88. The molecule has 4 rings (SSSR count). The van der Waals surface area contributed by atoms with Crippen LogP contribution in [0.15, 0.2) is 42.5 Å². The Kier molecular flexibility index (Phi) is 6.64. The Labute approximate surface area is 181 Å². The molecule has 0 atom stereocenters. The van der Waals surface area contributed by atoms with Gasteiger partial charge >= 0.3 is 0 Å². The first-order valence-corrected chi connectivity index (χ1v) is 11.3. The minimum Gasteiger partial charge on any atom is -0.206 e. The van der Waals surface area contributed by atoms with Gasteiger partial charge < -0.3 is 0 Å². The fourth-order valence-electron chi connectivity index (χ4n) is 4.97. The normalized spacial score (nSPS) is 19.1. The second-order valence-corrected chi connectivity index (χ2v) is 8.88. The summed E-state index contributed by atoms with van der Waals surface area (Å²) in [6, 6.07) is 11.5. The average molecular weight is 429 g/mol. The SMILES string of the molecule is CCCCCC1CCC(c2ccc(-c3cc(F)c4c(F)c(F)c(F)cc4c3)cc2)CC1. The smallest absolute Gasteiger partial charge is 0.195 e. The van der Waals surface area contributed by atoms with Crippen molar-refractivity contribution in [2.75, 3.05) is 0 Å². The van der Waals surface area contributed by atoms with E-state index >= 15 is 0 Å². The van der Waals surface area contributed by atoms with E-state index in [2.05, 4.69) is 19.1 Å². The maximum absolute atomic E-state index is 14.5. The van der Waals surface area contributed by atoms with Crippen LogP contribution in [-0.2, 0) is 0 Å². The van der Waals surface area contributed by atoms with E-state index in [0.29, 0.717) is 11.5 Å². The first-order chi connectivity index (χ1) is 15.0. The molecule has 0 amide bonds. The van der Waals surface area contributed by atoms with Gasteiger partial charge in [-0.2, -0.15) is 0 Å². The van der Waals surface area contributed by atoms with E-state index in [0.717, 1.165) is 17.5 Å². The van der Waals surface area contributed by atoms with Gasteiger partial charge in [0, 0.05) is 0 Å². The number of halogens is 4. The molecule has 1 aliphatic rings. The van der Waals surface area contributed by atoms with Crippen LogP contribution in [0.1, 0.15) is 69.8 Å². The van der Waals surface area contributed by atoms with Gasteiger partial charge in [-0.15, -0.1) is 0 Å². The molecule has 4 heteroatoms. The molecular formula is C27H28F4. The fourth-order valence-corrected chi connectivity index (χ4v) is 4.97. The number of rotatable bonds is 6. The molecular weight excluding hydrogens is 400 g/mol. The Morgan fingerprint density at radius 2 is 1.45 bits per heavy atom. The lowest BCUT2D eigenvalue weighted by Gasteiger charge is -2.29. The van der Waals surface area contributed by atoms with Gasteiger partial charge in [-0.1, -0.05) is 56.9 Å². The second-order valence-electron chi connectivity index (χ2n) is 8.88. The molecule has 0 nitrogen and oxygen atoms in total. The van der Waals surface area contributed by atoms with Crippen LogP contribution in [0, 0.1) is 29.2 Å². The van der Waals surface area contributed by atoms with Crippen molar-refractivity contribution in [3.63, 3.8) is 0 Å². The molecule has 3 aromatic carbocycles. The molecule has 164 valence electrons. The topological polar surface area (TPSA) is 0 Å². The first-order valence-electron chi connectivity index (χ1n) is 11.3. The zero-order chi connectivity index (χ0) is 22.0. The number of unbranched alkanes of at least 4 members (excludes halogenated alkanes) is 2. The molecule has 0 radical (unpaired) electrons. The van der Waals surface area contributed by atoms with Gasteiger partial charge in [0.2, 0.25) is 0 Å². The highest BCUT2D eigenvalue weighted by atomic mass is 19.2. The maximum atomic E-state index is 14.5. The summed E-state index contributed by atoms with van der Waals surface area (Å²) < 4.78 is 55.5. The van der Waals surface area contributed by atoms with E-state index in [-0.39, 0.29) is 5.39 Å². The summed E-state index contributed by atoms with van der Waals surface area (Å²) >= 11 is 0. The average Bonchev–Trinajstić information content (AvgIpc) is 2.78. The zero-order valence-electron chi connectivity index (χ0n) is 17.9. The highest BCUT2D eigenvalue weighted by Crippen LogP contribution is 2.38. The molecule has 1 saturated carbocycles. The Hall–Kier alpha value is -2.36. The molecule has 0 aliphatic heterocycles. The van der Waals surface area contributed by atoms with E-state index in [1.807, 2.05) is 12.1 Å². The third-order valence-electron chi connectivity index (χ3n) is 6.80. The van der Waals surface area contributed by atoms with Crippen molar-refractivity contribution in [3.05, 3.63) is 71.3 Å². The molecule has 1 fully saturated rings. The molecule has 0 heterocycles. The summed E-state index contributed by atoms with van der Waals surface area (Å²) in [4.78, 5) is 0. The molecule has 0 N–H and O–H groups in total. The summed E-state index contributed by atoms with van der Waals surface area (Å²) in [5.74, 6) is -3.94. The third-order valence-corrected chi connectivity index (χ3v) is 6.80. The van der Waals surface area contributed by atoms with Crippen molar-refractivity contribution in [3.8, 4) is 11.1 Å². The predicted molar refractivity (Wildman–Crippen MR) is 118 cm³/mol. The lowest BCUT2D eigenvalue weighted by molar-refractivity contribution is 0.303. The van der Waals surface area contributed by atoms with Crippen LogP contribution in [0.25, 0.3) is 21.9 Å².